The minimum atomic E-state index is -1.12. The molecule has 20 heavy (non-hydrogen) atoms. The molecule has 0 amide bonds. The molecular weight excluding hydrogens is 278 g/mol. The van der Waals surface area contributed by atoms with Gasteiger partial charge in [-0.25, -0.2) is 9.78 Å². The Kier molecular flexibility index (Phi) is 2.90. The molecule has 0 unspecified atom stereocenters. The highest BCUT2D eigenvalue weighted by atomic mass is 32.1. The van der Waals surface area contributed by atoms with Gasteiger partial charge in [0.25, 0.3) is 0 Å². The minimum Gasteiger partial charge on any atom is -0.476 e. The van der Waals surface area contributed by atoms with Gasteiger partial charge in [0.1, 0.15) is 0 Å². The van der Waals surface area contributed by atoms with E-state index in [4.69, 9.17) is 4.42 Å². The summed E-state index contributed by atoms with van der Waals surface area (Å²) in [5, 5.41) is 15.3. The first-order valence-electron chi connectivity index (χ1n) is 5.85. The number of aromatic nitrogens is 3. The van der Waals surface area contributed by atoms with Crippen molar-refractivity contribution in [2.45, 2.75) is 6.92 Å². The Labute approximate surface area is 118 Å². The molecule has 0 aliphatic heterocycles. The highest BCUT2D eigenvalue weighted by Crippen LogP contribution is 2.33. The van der Waals surface area contributed by atoms with Gasteiger partial charge in [0.15, 0.2) is 11.5 Å². The molecule has 0 spiro atoms. The molecule has 0 aromatic carbocycles. The number of nitrogens with zero attached hydrogens (tertiary/aromatic N) is 3. The van der Waals surface area contributed by atoms with Gasteiger partial charge in [0.2, 0.25) is 5.89 Å². The Morgan fingerprint density at radius 1 is 1.50 bits per heavy atom. The third-order valence-corrected chi connectivity index (χ3v) is 3.90. The van der Waals surface area contributed by atoms with Crippen LogP contribution in [0.25, 0.3) is 22.1 Å². The van der Waals surface area contributed by atoms with E-state index in [1.807, 2.05) is 24.4 Å². The van der Waals surface area contributed by atoms with Crippen molar-refractivity contribution in [3.8, 4) is 22.1 Å². The van der Waals surface area contributed by atoms with Crippen LogP contribution in [0.3, 0.4) is 0 Å². The Balaban J connectivity index is 2.19. The van der Waals surface area contributed by atoms with E-state index in [9.17, 15) is 9.90 Å². The summed E-state index contributed by atoms with van der Waals surface area (Å²) in [5.74, 6) is -0.558. The smallest absolute Gasteiger partial charge is 0.358 e. The van der Waals surface area contributed by atoms with E-state index in [1.54, 1.807) is 17.9 Å². The normalized spacial score (nSPS) is 10.9. The number of hydrogen-bond acceptors (Lipinski definition) is 5. The number of carboxylic acids is 1. The second-order valence-electron chi connectivity index (χ2n) is 4.25. The molecule has 0 bridgehead atoms. The molecule has 3 rings (SSSR count). The number of thiophene rings is 1. The maximum atomic E-state index is 11.3. The predicted molar refractivity (Wildman–Crippen MR) is 73.7 cm³/mol. The number of carboxylic acid groups (broad SMARTS) is 1. The summed E-state index contributed by atoms with van der Waals surface area (Å²) in [4.78, 5) is 16.2. The molecule has 102 valence electrons. The quantitative estimate of drug-likeness (QED) is 0.801. The summed E-state index contributed by atoms with van der Waals surface area (Å²) >= 11 is 1.44. The van der Waals surface area contributed by atoms with Crippen molar-refractivity contribution in [2.24, 2.45) is 7.05 Å². The fraction of sp³-hybridized carbons (Fsp3) is 0.154. The van der Waals surface area contributed by atoms with Crippen LogP contribution in [0.15, 0.2) is 28.1 Å². The van der Waals surface area contributed by atoms with E-state index in [0.29, 0.717) is 11.5 Å². The summed E-state index contributed by atoms with van der Waals surface area (Å²) in [6, 6.07) is 3.70. The molecule has 3 heterocycles. The van der Waals surface area contributed by atoms with Gasteiger partial charge >= 0.3 is 5.97 Å². The molecule has 6 nitrogen and oxygen atoms in total. The van der Waals surface area contributed by atoms with Crippen molar-refractivity contribution in [1.29, 1.82) is 0 Å². The van der Waals surface area contributed by atoms with Gasteiger partial charge in [0.05, 0.1) is 16.6 Å². The maximum Gasteiger partial charge on any atom is 0.358 e. The van der Waals surface area contributed by atoms with Crippen molar-refractivity contribution in [2.75, 3.05) is 0 Å². The van der Waals surface area contributed by atoms with Crippen LogP contribution in [-0.4, -0.2) is 25.8 Å². The van der Waals surface area contributed by atoms with Crippen LogP contribution in [0.4, 0.5) is 0 Å². The van der Waals surface area contributed by atoms with E-state index in [1.165, 1.54) is 11.3 Å². The van der Waals surface area contributed by atoms with Gasteiger partial charge in [-0.1, -0.05) is 6.07 Å². The van der Waals surface area contributed by atoms with Crippen molar-refractivity contribution < 1.29 is 14.3 Å². The summed E-state index contributed by atoms with van der Waals surface area (Å²) in [6.45, 7) is 1.85. The van der Waals surface area contributed by atoms with Gasteiger partial charge in [-0.2, -0.15) is 5.10 Å². The van der Waals surface area contributed by atoms with Crippen LogP contribution >= 0.6 is 11.3 Å². The Morgan fingerprint density at radius 3 is 2.85 bits per heavy atom. The Hall–Kier alpha value is -2.41. The molecular formula is C13H11N3O3S. The number of aryl methyl sites for hydroxylation is 1. The van der Waals surface area contributed by atoms with E-state index in [2.05, 4.69) is 10.1 Å². The van der Waals surface area contributed by atoms with Gasteiger partial charge in [-0.3, -0.25) is 4.68 Å². The second-order valence-corrected chi connectivity index (χ2v) is 5.19. The number of hydrogen-bond donors (Lipinski definition) is 1. The van der Waals surface area contributed by atoms with Gasteiger partial charge in [0, 0.05) is 12.7 Å². The summed E-state index contributed by atoms with van der Waals surface area (Å²) in [6.07, 6.45) is 1.58. The van der Waals surface area contributed by atoms with Crippen LogP contribution in [0.1, 0.15) is 16.2 Å². The monoisotopic (exact) mass is 289 g/mol. The van der Waals surface area contributed by atoms with Crippen molar-refractivity contribution in [3.63, 3.8) is 0 Å². The summed E-state index contributed by atoms with van der Waals surface area (Å²) in [7, 11) is 1.79. The molecule has 3 aromatic heterocycles. The molecule has 0 aliphatic carbocycles. The molecule has 0 atom stereocenters. The zero-order valence-corrected chi connectivity index (χ0v) is 11.6. The molecule has 0 radical (unpaired) electrons. The highest BCUT2D eigenvalue weighted by molar-refractivity contribution is 7.13. The molecule has 0 saturated carbocycles. The minimum absolute atomic E-state index is 0.0931. The van der Waals surface area contributed by atoms with E-state index < -0.39 is 5.97 Å². The van der Waals surface area contributed by atoms with Crippen molar-refractivity contribution >= 4 is 17.3 Å². The summed E-state index contributed by atoms with van der Waals surface area (Å²) in [5.41, 5.74) is 1.37. The lowest BCUT2D eigenvalue weighted by molar-refractivity contribution is 0.0691. The topological polar surface area (TPSA) is 81.2 Å². The fourth-order valence-electron chi connectivity index (χ4n) is 1.87. The third kappa shape index (κ3) is 1.92. The largest absolute Gasteiger partial charge is 0.476 e. The Bertz CT molecular complexity index is 771. The van der Waals surface area contributed by atoms with Crippen molar-refractivity contribution in [3.05, 3.63) is 35.1 Å². The fourth-order valence-corrected chi connectivity index (χ4v) is 2.52. The van der Waals surface area contributed by atoms with Crippen molar-refractivity contribution in [1.82, 2.24) is 14.8 Å². The molecule has 1 N–H and O–H groups in total. The number of aromatic carboxylic acids is 1. The number of oxazole rings is 1. The first-order valence-corrected chi connectivity index (χ1v) is 6.73. The predicted octanol–water partition coefficient (Wildman–Crippen LogP) is 2.81. The standard InChI is InChI=1S/C13H11N3O3S/c1-7-8(6-14-16(7)2)11-10(13(17)18)15-12(19-11)9-4-3-5-20-9/h3-6H,1-2H3,(H,17,18). The number of rotatable bonds is 3. The molecule has 0 saturated heterocycles. The van der Waals surface area contributed by atoms with E-state index >= 15 is 0 Å². The summed E-state index contributed by atoms with van der Waals surface area (Å²) < 4.78 is 7.33. The zero-order chi connectivity index (χ0) is 14.3. The lowest BCUT2D eigenvalue weighted by Crippen LogP contribution is -1.99. The third-order valence-electron chi connectivity index (χ3n) is 3.04. The lowest BCUT2D eigenvalue weighted by Gasteiger charge is -1.97. The average molecular weight is 289 g/mol. The van der Waals surface area contributed by atoms with Crippen LogP contribution in [0, 0.1) is 6.92 Å². The SMILES string of the molecule is Cc1c(-c2oc(-c3cccs3)nc2C(=O)O)cnn1C. The molecule has 3 aromatic rings. The highest BCUT2D eigenvalue weighted by Gasteiger charge is 2.24. The first kappa shape index (κ1) is 12.6. The van der Waals surface area contributed by atoms with Crippen LogP contribution < -0.4 is 0 Å². The van der Waals surface area contributed by atoms with E-state index in [-0.39, 0.29) is 11.5 Å². The maximum absolute atomic E-state index is 11.3. The second kappa shape index (κ2) is 4.61. The molecule has 0 fully saturated rings. The van der Waals surface area contributed by atoms with Gasteiger partial charge in [-0.05, 0) is 18.4 Å². The van der Waals surface area contributed by atoms with E-state index in [0.717, 1.165) is 10.6 Å². The first-order chi connectivity index (χ1) is 9.58. The lowest BCUT2D eigenvalue weighted by atomic mass is 10.2. The van der Waals surface area contributed by atoms with Gasteiger partial charge in [-0.15, -0.1) is 11.3 Å². The Morgan fingerprint density at radius 2 is 2.30 bits per heavy atom. The van der Waals surface area contributed by atoms with Gasteiger partial charge < -0.3 is 9.52 Å². The average Bonchev–Trinajstić information content (AvgIpc) is 3.10. The van der Waals surface area contributed by atoms with Crippen LogP contribution in [0.5, 0.6) is 0 Å². The van der Waals surface area contributed by atoms with Crippen LogP contribution in [0.2, 0.25) is 0 Å². The number of carbonyl (C=O) groups is 1. The molecule has 0 aliphatic rings. The molecule has 7 heteroatoms. The van der Waals surface area contributed by atoms with Crippen LogP contribution in [-0.2, 0) is 7.05 Å². The zero-order valence-electron chi connectivity index (χ0n) is 10.8.